The van der Waals surface area contributed by atoms with Crippen molar-refractivity contribution in [3.05, 3.63) is 46.3 Å². The first-order valence-corrected chi connectivity index (χ1v) is 8.14. The van der Waals surface area contributed by atoms with Crippen LogP contribution in [0.25, 0.3) is 0 Å². The molecule has 0 fully saturated rings. The summed E-state index contributed by atoms with van der Waals surface area (Å²) in [6.45, 7) is 8.28. The van der Waals surface area contributed by atoms with E-state index in [4.69, 9.17) is 0 Å². The Morgan fingerprint density at radius 3 is 2.75 bits per heavy atom. The summed E-state index contributed by atoms with van der Waals surface area (Å²) in [6, 6.07) is 10.5. The van der Waals surface area contributed by atoms with E-state index in [1.165, 1.54) is 4.88 Å². The minimum absolute atomic E-state index is 0.899. The molecule has 2 heterocycles. The van der Waals surface area contributed by atoms with Crippen LogP contribution in [-0.4, -0.2) is 23.0 Å². The molecular formula is C16H23N3S. The molecule has 2 rings (SSSR count). The van der Waals surface area contributed by atoms with Crippen molar-refractivity contribution in [1.29, 1.82) is 0 Å². The smallest absolute Gasteiger partial charge is 0.126 e. The van der Waals surface area contributed by atoms with E-state index in [1.807, 2.05) is 17.4 Å². The molecule has 0 amide bonds. The van der Waals surface area contributed by atoms with Gasteiger partial charge in [-0.25, -0.2) is 4.98 Å². The van der Waals surface area contributed by atoms with Crippen molar-refractivity contribution in [3.8, 4) is 0 Å². The van der Waals surface area contributed by atoms with Crippen LogP contribution in [0.1, 0.15) is 30.8 Å². The summed E-state index contributed by atoms with van der Waals surface area (Å²) in [5.74, 6) is 0.983. The molecule has 0 aliphatic heterocycles. The van der Waals surface area contributed by atoms with Gasteiger partial charge in [0.15, 0.2) is 0 Å². The van der Waals surface area contributed by atoms with Crippen molar-refractivity contribution in [3.63, 3.8) is 0 Å². The third-order valence-electron chi connectivity index (χ3n) is 3.16. The maximum absolute atomic E-state index is 4.68. The molecule has 20 heavy (non-hydrogen) atoms. The number of anilines is 1. The van der Waals surface area contributed by atoms with Crippen molar-refractivity contribution < 1.29 is 0 Å². The number of hydrogen-bond donors (Lipinski definition) is 1. The Bertz CT molecular complexity index is 496. The number of nitrogens with one attached hydrogen (secondary N) is 1. The van der Waals surface area contributed by atoms with Crippen molar-refractivity contribution in [2.45, 2.75) is 33.4 Å². The van der Waals surface area contributed by atoms with Crippen LogP contribution >= 0.6 is 11.3 Å². The molecule has 0 atom stereocenters. The zero-order chi connectivity index (χ0) is 14.2. The fraction of sp³-hybridized carbons (Fsp3) is 0.438. The van der Waals surface area contributed by atoms with Gasteiger partial charge in [0.1, 0.15) is 5.82 Å². The molecular weight excluding hydrogens is 266 g/mol. The second kappa shape index (κ2) is 8.02. The molecule has 2 aromatic rings. The van der Waals surface area contributed by atoms with E-state index in [9.17, 15) is 0 Å². The molecule has 108 valence electrons. The largest absolute Gasteiger partial charge is 0.370 e. The molecule has 3 nitrogen and oxygen atoms in total. The average molecular weight is 289 g/mol. The first-order chi connectivity index (χ1) is 9.81. The molecule has 0 aliphatic rings. The highest BCUT2D eigenvalue weighted by Crippen LogP contribution is 2.14. The maximum atomic E-state index is 4.68. The summed E-state index contributed by atoms with van der Waals surface area (Å²) >= 11 is 1.82. The normalized spacial score (nSPS) is 10.9. The van der Waals surface area contributed by atoms with Crippen molar-refractivity contribution >= 4 is 17.2 Å². The topological polar surface area (TPSA) is 28.2 Å². The lowest BCUT2D eigenvalue weighted by atomic mass is 10.3. The minimum atomic E-state index is 0.899. The monoisotopic (exact) mass is 289 g/mol. The van der Waals surface area contributed by atoms with Gasteiger partial charge < -0.3 is 5.32 Å². The van der Waals surface area contributed by atoms with Gasteiger partial charge in [0.25, 0.3) is 0 Å². The number of pyridine rings is 1. The highest BCUT2D eigenvalue weighted by molar-refractivity contribution is 7.09. The molecule has 0 radical (unpaired) electrons. The maximum Gasteiger partial charge on any atom is 0.126 e. The SMILES string of the molecule is CCCNc1cccc(CN(CC)Cc2cccs2)n1. The van der Waals surface area contributed by atoms with Gasteiger partial charge in [-0.05, 0) is 36.5 Å². The number of thiophene rings is 1. The molecule has 2 aromatic heterocycles. The third kappa shape index (κ3) is 4.62. The highest BCUT2D eigenvalue weighted by Gasteiger charge is 2.07. The number of nitrogens with zero attached hydrogens (tertiary/aromatic N) is 2. The fourth-order valence-electron chi connectivity index (χ4n) is 2.05. The van der Waals surface area contributed by atoms with Crippen LogP contribution in [-0.2, 0) is 13.1 Å². The second-order valence-electron chi connectivity index (χ2n) is 4.82. The van der Waals surface area contributed by atoms with Crippen LogP contribution in [0.5, 0.6) is 0 Å². The summed E-state index contributed by atoms with van der Waals surface area (Å²) in [5.41, 5.74) is 1.13. The summed E-state index contributed by atoms with van der Waals surface area (Å²) in [6.07, 6.45) is 1.12. The highest BCUT2D eigenvalue weighted by atomic mass is 32.1. The summed E-state index contributed by atoms with van der Waals surface area (Å²) < 4.78 is 0. The van der Waals surface area contributed by atoms with Gasteiger partial charge in [0.2, 0.25) is 0 Å². The van der Waals surface area contributed by atoms with E-state index in [0.29, 0.717) is 0 Å². The van der Waals surface area contributed by atoms with Crippen molar-refractivity contribution in [1.82, 2.24) is 9.88 Å². The molecule has 0 saturated heterocycles. The molecule has 0 aliphatic carbocycles. The van der Waals surface area contributed by atoms with Gasteiger partial charge in [0, 0.05) is 24.5 Å². The van der Waals surface area contributed by atoms with Crippen LogP contribution in [0.15, 0.2) is 35.7 Å². The number of hydrogen-bond acceptors (Lipinski definition) is 4. The van der Waals surface area contributed by atoms with E-state index >= 15 is 0 Å². The Labute approximate surface area is 125 Å². The van der Waals surface area contributed by atoms with Crippen LogP contribution in [0.3, 0.4) is 0 Å². The van der Waals surface area contributed by atoms with Gasteiger partial charge in [-0.3, -0.25) is 4.90 Å². The first kappa shape index (κ1) is 15.0. The Kier molecular flexibility index (Phi) is 6.02. The van der Waals surface area contributed by atoms with E-state index < -0.39 is 0 Å². The molecule has 0 saturated carbocycles. The Balaban J connectivity index is 1.96. The standard InChI is InChI=1S/C16H23N3S/c1-3-10-17-16-9-5-7-14(18-16)12-19(4-2)13-15-8-6-11-20-15/h5-9,11H,3-4,10,12-13H2,1-2H3,(H,17,18). The summed E-state index contributed by atoms with van der Waals surface area (Å²) in [7, 11) is 0. The zero-order valence-electron chi connectivity index (χ0n) is 12.3. The lowest BCUT2D eigenvalue weighted by Gasteiger charge is -2.19. The van der Waals surface area contributed by atoms with Crippen LogP contribution < -0.4 is 5.32 Å². The Hall–Kier alpha value is -1.39. The molecule has 4 heteroatoms. The summed E-state index contributed by atoms with van der Waals surface area (Å²) in [4.78, 5) is 8.50. The van der Waals surface area contributed by atoms with Gasteiger partial charge in [-0.1, -0.05) is 26.0 Å². The second-order valence-corrected chi connectivity index (χ2v) is 5.86. The molecule has 1 N–H and O–H groups in total. The molecule has 0 unspecified atom stereocenters. The van der Waals surface area contributed by atoms with Crippen LogP contribution in [0.2, 0.25) is 0 Å². The quantitative estimate of drug-likeness (QED) is 0.796. The minimum Gasteiger partial charge on any atom is -0.370 e. The van der Waals surface area contributed by atoms with E-state index in [-0.39, 0.29) is 0 Å². The zero-order valence-corrected chi connectivity index (χ0v) is 13.1. The number of aromatic nitrogens is 1. The lowest BCUT2D eigenvalue weighted by Crippen LogP contribution is -2.22. The van der Waals surface area contributed by atoms with Crippen LogP contribution in [0, 0.1) is 0 Å². The fourth-order valence-corrected chi connectivity index (χ4v) is 2.80. The van der Waals surface area contributed by atoms with E-state index in [0.717, 1.165) is 44.1 Å². The molecule has 0 aromatic carbocycles. The van der Waals surface area contributed by atoms with Crippen molar-refractivity contribution in [2.24, 2.45) is 0 Å². The predicted molar refractivity (Wildman–Crippen MR) is 87.1 cm³/mol. The van der Waals surface area contributed by atoms with Gasteiger partial charge in [-0.2, -0.15) is 0 Å². The van der Waals surface area contributed by atoms with Crippen LogP contribution in [0.4, 0.5) is 5.82 Å². The Morgan fingerprint density at radius 1 is 1.15 bits per heavy atom. The molecule has 0 bridgehead atoms. The van der Waals surface area contributed by atoms with Crippen molar-refractivity contribution in [2.75, 3.05) is 18.4 Å². The van der Waals surface area contributed by atoms with E-state index in [2.05, 4.69) is 58.7 Å². The third-order valence-corrected chi connectivity index (χ3v) is 4.02. The number of rotatable bonds is 8. The first-order valence-electron chi connectivity index (χ1n) is 7.26. The molecule has 0 spiro atoms. The predicted octanol–water partition coefficient (Wildman–Crippen LogP) is 3.99. The van der Waals surface area contributed by atoms with Gasteiger partial charge in [0.05, 0.1) is 5.69 Å². The van der Waals surface area contributed by atoms with Gasteiger partial charge in [-0.15, -0.1) is 11.3 Å². The van der Waals surface area contributed by atoms with Gasteiger partial charge >= 0.3 is 0 Å². The Morgan fingerprint density at radius 2 is 2.05 bits per heavy atom. The lowest BCUT2D eigenvalue weighted by molar-refractivity contribution is 0.270. The average Bonchev–Trinajstić information content (AvgIpc) is 2.98. The summed E-state index contributed by atoms with van der Waals surface area (Å²) in [5, 5.41) is 5.48. The van der Waals surface area contributed by atoms with E-state index in [1.54, 1.807) is 0 Å².